The van der Waals surface area contributed by atoms with Gasteiger partial charge in [-0.2, -0.15) is 0 Å². The highest BCUT2D eigenvalue weighted by molar-refractivity contribution is 7.15. The van der Waals surface area contributed by atoms with E-state index in [-0.39, 0.29) is 17.9 Å². The Morgan fingerprint density at radius 2 is 1.95 bits per heavy atom. The summed E-state index contributed by atoms with van der Waals surface area (Å²) >= 11 is 1.58. The third kappa shape index (κ3) is 5.59. The van der Waals surface area contributed by atoms with Crippen LogP contribution in [0.2, 0.25) is 0 Å². The lowest BCUT2D eigenvalue weighted by molar-refractivity contribution is 0.0730. The number of thiazole rings is 1. The maximum atomic E-state index is 13.5. The van der Waals surface area contributed by atoms with Gasteiger partial charge >= 0.3 is 0 Å². The second-order valence-corrected chi connectivity index (χ2v) is 12.3. The van der Waals surface area contributed by atoms with E-state index in [1.54, 1.807) is 46.3 Å². The summed E-state index contributed by atoms with van der Waals surface area (Å²) in [5.41, 5.74) is 9.14. The minimum atomic E-state index is -0.542. The Balaban J connectivity index is 1.17. The molecule has 41 heavy (non-hydrogen) atoms. The van der Waals surface area contributed by atoms with Gasteiger partial charge in [-0.15, -0.1) is 11.3 Å². The molecule has 0 spiro atoms. The number of anilines is 1. The fourth-order valence-corrected chi connectivity index (χ4v) is 7.09. The van der Waals surface area contributed by atoms with Crippen LogP contribution in [-0.4, -0.2) is 69.1 Å². The zero-order valence-corrected chi connectivity index (χ0v) is 24.0. The molecule has 2 aliphatic rings. The summed E-state index contributed by atoms with van der Waals surface area (Å²) in [6.45, 7) is 1.65. The molecular weight excluding hydrogens is 538 g/mol. The molecule has 1 aliphatic carbocycles. The van der Waals surface area contributed by atoms with Gasteiger partial charge in [-0.3, -0.25) is 19.7 Å². The van der Waals surface area contributed by atoms with Crippen LogP contribution in [0.15, 0.2) is 48.8 Å². The molecule has 1 saturated heterocycles. The summed E-state index contributed by atoms with van der Waals surface area (Å²) in [6, 6.07) is 10.6. The van der Waals surface area contributed by atoms with Crippen molar-refractivity contribution in [3.63, 3.8) is 0 Å². The number of rotatable bonds is 7. The molecule has 1 aromatic carbocycles. The number of hydrogen-bond acceptors (Lipinski definition) is 7. The standard InChI is InChI=1S/C30H33N7O3S/c1-35(2)15-18-8-10-22-25(13-18)41-30(33-22)34-28(39)20-6-3-5-19(14-20)24-7-4-12-37(24)29(40)23-17-36-16-21(27(31)38)9-11-26(36)32-23/h3,5-6,9,11,14,16-18,24H,4,7-8,10,12-13,15H2,1-2H3,(H2,31,38)(H,33,34,39)/t18-,24+/m0/s1. The zero-order chi connectivity index (χ0) is 28.7. The smallest absolute Gasteiger partial charge is 0.274 e. The Kier molecular flexibility index (Phi) is 7.31. The highest BCUT2D eigenvalue weighted by atomic mass is 32.1. The van der Waals surface area contributed by atoms with Gasteiger partial charge in [-0.25, -0.2) is 9.97 Å². The van der Waals surface area contributed by atoms with E-state index in [4.69, 9.17) is 10.7 Å². The Morgan fingerprint density at radius 3 is 2.76 bits per heavy atom. The van der Waals surface area contributed by atoms with E-state index in [0.29, 0.717) is 40.1 Å². The number of carbonyl (C=O) groups is 3. The topological polar surface area (TPSA) is 126 Å². The average molecular weight is 572 g/mol. The highest BCUT2D eigenvalue weighted by Gasteiger charge is 2.32. The van der Waals surface area contributed by atoms with Crippen molar-refractivity contribution < 1.29 is 14.4 Å². The minimum absolute atomic E-state index is 0.165. The fourth-order valence-electron chi connectivity index (χ4n) is 5.97. The van der Waals surface area contributed by atoms with Crippen molar-refractivity contribution in [1.82, 2.24) is 24.2 Å². The van der Waals surface area contributed by atoms with Crippen LogP contribution in [0.5, 0.6) is 0 Å². The van der Waals surface area contributed by atoms with Crippen molar-refractivity contribution in [3.05, 3.63) is 81.7 Å². The molecule has 1 aliphatic heterocycles. The van der Waals surface area contributed by atoms with Gasteiger partial charge in [0.25, 0.3) is 11.8 Å². The van der Waals surface area contributed by atoms with Crippen LogP contribution in [0.3, 0.4) is 0 Å². The molecule has 4 aromatic rings. The maximum Gasteiger partial charge on any atom is 0.274 e. The molecule has 1 fully saturated rings. The molecule has 3 amide bonds. The predicted octanol–water partition coefficient (Wildman–Crippen LogP) is 3.79. The number of nitrogens with two attached hydrogens (primary N) is 1. The summed E-state index contributed by atoms with van der Waals surface area (Å²) in [5, 5.41) is 3.65. The number of aryl methyl sites for hydroxylation is 1. The maximum absolute atomic E-state index is 13.5. The first-order chi connectivity index (χ1) is 19.7. The van der Waals surface area contributed by atoms with Crippen molar-refractivity contribution in [3.8, 4) is 0 Å². The van der Waals surface area contributed by atoms with Crippen LogP contribution in [0, 0.1) is 5.92 Å². The summed E-state index contributed by atoms with van der Waals surface area (Å²) < 4.78 is 1.64. The second kappa shape index (κ2) is 11.1. The van der Waals surface area contributed by atoms with E-state index in [1.165, 1.54) is 4.88 Å². The lowest BCUT2D eigenvalue weighted by atomic mass is 9.91. The molecule has 0 unspecified atom stereocenters. The molecule has 4 heterocycles. The third-order valence-corrected chi connectivity index (χ3v) is 8.92. The Morgan fingerprint density at radius 1 is 1.10 bits per heavy atom. The SMILES string of the molecule is CN(C)C[C@H]1CCc2nc(NC(=O)c3cccc([C@H]4CCCN4C(=O)c4cn5cc(C(N)=O)ccc5n4)c3)sc2C1. The molecule has 0 bridgehead atoms. The van der Waals surface area contributed by atoms with E-state index in [1.807, 2.05) is 23.1 Å². The number of nitrogens with zero attached hydrogens (tertiary/aromatic N) is 5. The number of benzene rings is 1. The number of aromatic nitrogens is 3. The summed E-state index contributed by atoms with van der Waals surface area (Å²) in [5.74, 6) is -0.319. The first kappa shape index (κ1) is 27.1. The zero-order valence-electron chi connectivity index (χ0n) is 23.2. The Bertz CT molecular complexity index is 1640. The van der Waals surface area contributed by atoms with Gasteiger partial charge < -0.3 is 19.9 Å². The number of fused-ring (bicyclic) bond motifs is 2. The van der Waals surface area contributed by atoms with Crippen LogP contribution in [0.1, 0.15) is 72.6 Å². The molecule has 10 nitrogen and oxygen atoms in total. The van der Waals surface area contributed by atoms with Gasteiger partial charge in [0, 0.05) is 35.9 Å². The average Bonchev–Trinajstić information content (AvgIpc) is 3.69. The largest absolute Gasteiger partial charge is 0.366 e. The number of imidazole rings is 1. The predicted molar refractivity (Wildman–Crippen MR) is 157 cm³/mol. The normalized spacial score (nSPS) is 18.6. The van der Waals surface area contributed by atoms with Crippen LogP contribution >= 0.6 is 11.3 Å². The molecule has 11 heteroatoms. The van der Waals surface area contributed by atoms with Gasteiger partial charge in [-0.1, -0.05) is 12.1 Å². The first-order valence-corrected chi connectivity index (χ1v) is 14.7. The highest BCUT2D eigenvalue weighted by Crippen LogP contribution is 2.35. The quantitative estimate of drug-likeness (QED) is 0.348. The summed E-state index contributed by atoms with van der Waals surface area (Å²) in [7, 11) is 4.20. The molecule has 3 aromatic heterocycles. The van der Waals surface area contributed by atoms with Crippen LogP contribution in [0.4, 0.5) is 5.13 Å². The minimum Gasteiger partial charge on any atom is -0.366 e. The van der Waals surface area contributed by atoms with Gasteiger partial charge in [0.15, 0.2) is 5.13 Å². The molecule has 2 atom stereocenters. The van der Waals surface area contributed by atoms with Crippen molar-refractivity contribution in [2.45, 2.75) is 38.1 Å². The van der Waals surface area contributed by atoms with Crippen molar-refractivity contribution in [2.75, 3.05) is 32.5 Å². The monoisotopic (exact) mass is 571 g/mol. The van der Waals surface area contributed by atoms with Gasteiger partial charge in [0.1, 0.15) is 11.3 Å². The molecule has 0 radical (unpaired) electrons. The summed E-state index contributed by atoms with van der Waals surface area (Å²) in [6.07, 6.45) is 7.91. The second-order valence-electron chi connectivity index (χ2n) is 11.2. The molecular formula is C30H33N7O3S. The van der Waals surface area contributed by atoms with Gasteiger partial charge in [0.05, 0.1) is 17.3 Å². The van der Waals surface area contributed by atoms with Crippen LogP contribution in [0.25, 0.3) is 5.65 Å². The third-order valence-electron chi connectivity index (χ3n) is 7.89. The van der Waals surface area contributed by atoms with E-state index < -0.39 is 5.91 Å². The summed E-state index contributed by atoms with van der Waals surface area (Å²) in [4.78, 5) is 52.8. The number of pyridine rings is 1. The number of likely N-dealkylation sites (tertiary alicyclic amines) is 1. The number of primary amides is 1. The molecule has 6 rings (SSSR count). The van der Waals surface area contributed by atoms with Crippen molar-refractivity contribution >= 4 is 39.8 Å². The van der Waals surface area contributed by atoms with Crippen molar-refractivity contribution in [2.24, 2.45) is 11.7 Å². The van der Waals surface area contributed by atoms with Gasteiger partial charge in [0.2, 0.25) is 5.91 Å². The van der Waals surface area contributed by atoms with Gasteiger partial charge in [-0.05, 0) is 81.9 Å². The van der Waals surface area contributed by atoms with E-state index in [2.05, 4.69) is 29.3 Å². The van der Waals surface area contributed by atoms with Crippen LogP contribution in [-0.2, 0) is 12.8 Å². The molecule has 3 N–H and O–H groups in total. The molecule has 212 valence electrons. The number of amides is 3. The van der Waals surface area contributed by atoms with Crippen molar-refractivity contribution in [1.29, 1.82) is 0 Å². The Hall–Kier alpha value is -4.09. The lowest BCUT2D eigenvalue weighted by Gasteiger charge is -2.24. The van der Waals surface area contributed by atoms with E-state index >= 15 is 0 Å². The van der Waals surface area contributed by atoms with Crippen LogP contribution < -0.4 is 11.1 Å². The fraction of sp³-hybridized carbons (Fsp3) is 0.367. The lowest BCUT2D eigenvalue weighted by Crippen LogP contribution is -2.31. The first-order valence-electron chi connectivity index (χ1n) is 13.9. The van der Waals surface area contributed by atoms with E-state index in [9.17, 15) is 14.4 Å². The molecule has 0 saturated carbocycles. The number of nitrogens with one attached hydrogen (secondary N) is 1. The van der Waals surface area contributed by atoms with E-state index in [0.717, 1.165) is 49.9 Å². The number of hydrogen-bond donors (Lipinski definition) is 2. The Labute approximate surface area is 242 Å². The number of carbonyl (C=O) groups excluding carboxylic acids is 3.